The van der Waals surface area contributed by atoms with Gasteiger partial charge in [-0.25, -0.2) is 0 Å². The SMILES string of the molecule is C[C@H]1CC(NCC2(O)CCCCCC2)c2ccsc2S1. The highest BCUT2D eigenvalue weighted by molar-refractivity contribution is 8.01. The molecule has 0 radical (unpaired) electrons. The maximum Gasteiger partial charge on any atom is 0.0771 e. The molecule has 3 rings (SSSR count). The Bertz CT molecular complexity index is 437. The smallest absolute Gasteiger partial charge is 0.0771 e. The molecule has 0 spiro atoms. The van der Waals surface area contributed by atoms with Gasteiger partial charge in [-0.05, 0) is 36.3 Å². The average molecular weight is 312 g/mol. The third kappa shape index (κ3) is 3.41. The summed E-state index contributed by atoms with van der Waals surface area (Å²) in [6.07, 6.45) is 8.03. The molecule has 0 aromatic carbocycles. The highest BCUT2D eigenvalue weighted by atomic mass is 32.2. The van der Waals surface area contributed by atoms with Crippen molar-refractivity contribution in [2.45, 2.75) is 73.0 Å². The van der Waals surface area contributed by atoms with Gasteiger partial charge in [0.25, 0.3) is 0 Å². The Balaban J connectivity index is 1.63. The van der Waals surface area contributed by atoms with Crippen LogP contribution in [0.1, 0.15) is 63.5 Å². The molecular formula is C16H25NOS2. The largest absolute Gasteiger partial charge is 0.389 e. The first-order valence-electron chi connectivity index (χ1n) is 7.86. The number of rotatable bonds is 3. The predicted molar refractivity (Wildman–Crippen MR) is 87.7 cm³/mol. The molecule has 1 aromatic heterocycles. The van der Waals surface area contributed by atoms with E-state index in [2.05, 4.69) is 23.7 Å². The van der Waals surface area contributed by atoms with E-state index < -0.39 is 5.60 Å². The topological polar surface area (TPSA) is 32.3 Å². The fraction of sp³-hybridized carbons (Fsp3) is 0.750. The Labute approximate surface area is 130 Å². The van der Waals surface area contributed by atoms with Crippen molar-refractivity contribution in [1.29, 1.82) is 0 Å². The highest BCUT2D eigenvalue weighted by Crippen LogP contribution is 2.44. The Kier molecular flexibility index (Phi) is 4.75. The van der Waals surface area contributed by atoms with Crippen LogP contribution in [0.5, 0.6) is 0 Å². The molecule has 2 atom stereocenters. The number of thioether (sulfide) groups is 1. The molecule has 0 saturated heterocycles. The minimum absolute atomic E-state index is 0.430. The van der Waals surface area contributed by atoms with Crippen molar-refractivity contribution in [2.75, 3.05) is 6.54 Å². The Hall–Kier alpha value is -0.0300. The van der Waals surface area contributed by atoms with E-state index in [1.54, 1.807) is 0 Å². The van der Waals surface area contributed by atoms with E-state index in [9.17, 15) is 5.11 Å². The van der Waals surface area contributed by atoms with Crippen molar-refractivity contribution in [2.24, 2.45) is 0 Å². The van der Waals surface area contributed by atoms with E-state index >= 15 is 0 Å². The van der Waals surface area contributed by atoms with Crippen LogP contribution in [0.3, 0.4) is 0 Å². The van der Waals surface area contributed by atoms with Gasteiger partial charge in [0.05, 0.1) is 9.81 Å². The van der Waals surface area contributed by atoms with Crippen molar-refractivity contribution < 1.29 is 5.11 Å². The van der Waals surface area contributed by atoms with E-state index in [1.165, 1.54) is 41.9 Å². The number of nitrogens with one attached hydrogen (secondary N) is 1. The van der Waals surface area contributed by atoms with E-state index in [-0.39, 0.29) is 0 Å². The summed E-state index contributed by atoms with van der Waals surface area (Å²) in [5.41, 5.74) is 0.982. The zero-order valence-electron chi connectivity index (χ0n) is 12.2. The summed E-state index contributed by atoms with van der Waals surface area (Å²) in [6, 6.07) is 2.69. The molecule has 0 amide bonds. The first kappa shape index (κ1) is 14.9. The summed E-state index contributed by atoms with van der Waals surface area (Å²) in [5, 5.41) is 17.3. The van der Waals surface area contributed by atoms with Crippen molar-refractivity contribution in [3.05, 3.63) is 17.0 Å². The van der Waals surface area contributed by atoms with E-state index in [0.29, 0.717) is 11.3 Å². The molecule has 2 heterocycles. The molecule has 112 valence electrons. The van der Waals surface area contributed by atoms with Crippen molar-refractivity contribution in [3.63, 3.8) is 0 Å². The van der Waals surface area contributed by atoms with E-state index in [4.69, 9.17) is 0 Å². The van der Waals surface area contributed by atoms with Gasteiger partial charge in [-0.15, -0.1) is 23.1 Å². The molecule has 2 N–H and O–H groups in total. The van der Waals surface area contributed by atoms with Gasteiger partial charge in [-0.3, -0.25) is 0 Å². The van der Waals surface area contributed by atoms with Crippen LogP contribution < -0.4 is 5.32 Å². The maximum atomic E-state index is 10.8. The molecule has 0 bridgehead atoms. The quantitative estimate of drug-likeness (QED) is 0.814. The van der Waals surface area contributed by atoms with Crippen LogP contribution >= 0.6 is 23.1 Å². The number of fused-ring (bicyclic) bond motifs is 1. The number of thiophene rings is 1. The summed E-state index contributed by atoms with van der Waals surface area (Å²) in [7, 11) is 0. The van der Waals surface area contributed by atoms with E-state index in [0.717, 1.165) is 19.4 Å². The fourth-order valence-corrected chi connectivity index (χ4v) is 5.99. The lowest BCUT2D eigenvalue weighted by atomic mass is 9.93. The van der Waals surface area contributed by atoms with Gasteiger partial charge in [-0.2, -0.15) is 0 Å². The second-order valence-electron chi connectivity index (χ2n) is 6.40. The maximum absolute atomic E-state index is 10.8. The van der Waals surface area contributed by atoms with Crippen LogP contribution in [0.2, 0.25) is 0 Å². The molecule has 2 nitrogen and oxygen atoms in total. The number of hydrogen-bond donors (Lipinski definition) is 2. The third-order valence-corrected chi connectivity index (χ3v) is 6.97. The van der Waals surface area contributed by atoms with Gasteiger partial charge in [0.1, 0.15) is 0 Å². The van der Waals surface area contributed by atoms with Gasteiger partial charge >= 0.3 is 0 Å². The van der Waals surface area contributed by atoms with Crippen LogP contribution in [0.15, 0.2) is 15.7 Å². The van der Waals surface area contributed by atoms with Gasteiger partial charge in [0, 0.05) is 17.8 Å². The minimum atomic E-state index is -0.472. The minimum Gasteiger partial charge on any atom is -0.389 e. The molecule has 1 aromatic rings. The van der Waals surface area contributed by atoms with Crippen LogP contribution in [-0.2, 0) is 0 Å². The third-order valence-electron chi connectivity index (χ3n) is 4.62. The Morgan fingerprint density at radius 2 is 2.05 bits per heavy atom. The van der Waals surface area contributed by atoms with E-state index in [1.807, 2.05) is 23.1 Å². The van der Waals surface area contributed by atoms with Gasteiger partial charge in [0.15, 0.2) is 0 Å². The first-order chi connectivity index (χ1) is 9.66. The lowest BCUT2D eigenvalue weighted by molar-refractivity contribution is 0.0223. The summed E-state index contributed by atoms with van der Waals surface area (Å²) in [5.74, 6) is 0. The molecule has 1 unspecified atom stereocenters. The number of hydrogen-bond acceptors (Lipinski definition) is 4. The van der Waals surface area contributed by atoms with Crippen molar-refractivity contribution in [1.82, 2.24) is 5.32 Å². The van der Waals surface area contributed by atoms with Crippen molar-refractivity contribution in [3.8, 4) is 0 Å². The number of aliphatic hydroxyl groups is 1. The van der Waals surface area contributed by atoms with Gasteiger partial charge < -0.3 is 10.4 Å². The summed E-state index contributed by atoms with van der Waals surface area (Å²) in [4.78, 5) is 0. The summed E-state index contributed by atoms with van der Waals surface area (Å²) in [6.45, 7) is 3.06. The lowest BCUT2D eigenvalue weighted by Gasteiger charge is -2.33. The molecule has 4 heteroatoms. The zero-order valence-corrected chi connectivity index (χ0v) is 13.9. The zero-order chi connectivity index (χ0) is 14.0. The molecular weight excluding hydrogens is 286 g/mol. The molecule has 1 aliphatic carbocycles. The standard InChI is InChI=1S/C16H25NOS2/c1-12-10-14(13-6-9-19-15(13)20-12)17-11-16(18)7-4-2-3-5-8-16/h6,9,12,14,17-18H,2-5,7-8,10-11H2,1H3/t12-,14?/m0/s1. The van der Waals surface area contributed by atoms with Crippen LogP contribution in [0.4, 0.5) is 0 Å². The molecule has 20 heavy (non-hydrogen) atoms. The summed E-state index contributed by atoms with van der Waals surface area (Å²) >= 11 is 3.86. The molecule has 2 aliphatic rings. The molecule has 1 aliphatic heterocycles. The Morgan fingerprint density at radius 1 is 1.30 bits per heavy atom. The highest BCUT2D eigenvalue weighted by Gasteiger charge is 2.31. The second-order valence-corrected chi connectivity index (χ2v) is 9.02. The lowest BCUT2D eigenvalue weighted by Crippen LogP contribution is -2.42. The monoisotopic (exact) mass is 311 g/mol. The average Bonchev–Trinajstić information content (AvgIpc) is 2.78. The molecule has 1 saturated carbocycles. The normalized spacial score (nSPS) is 29.7. The molecule has 1 fully saturated rings. The van der Waals surface area contributed by atoms with Crippen LogP contribution in [0.25, 0.3) is 0 Å². The van der Waals surface area contributed by atoms with Crippen LogP contribution in [-0.4, -0.2) is 22.5 Å². The summed E-state index contributed by atoms with van der Waals surface area (Å²) < 4.78 is 1.47. The predicted octanol–water partition coefficient (Wildman–Crippen LogP) is 4.35. The second kappa shape index (κ2) is 6.39. The first-order valence-corrected chi connectivity index (χ1v) is 9.62. The van der Waals surface area contributed by atoms with Gasteiger partial charge in [0.2, 0.25) is 0 Å². The fourth-order valence-electron chi connectivity index (χ4n) is 3.42. The Morgan fingerprint density at radius 3 is 2.80 bits per heavy atom. The van der Waals surface area contributed by atoms with Gasteiger partial charge in [-0.1, -0.05) is 32.6 Å². The van der Waals surface area contributed by atoms with Crippen molar-refractivity contribution >= 4 is 23.1 Å². The van der Waals surface area contributed by atoms with Crippen LogP contribution in [0, 0.1) is 0 Å².